The van der Waals surface area contributed by atoms with Gasteiger partial charge in [-0.25, -0.2) is 8.42 Å². The maximum Gasteiger partial charge on any atom is 0.243 e. The minimum Gasteiger partial charge on any atom is -0.286 e. The molecule has 1 aromatic carbocycles. The van der Waals surface area contributed by atoms with E-state index in [1.165, 1.54) is 4.31 Å². The minimum atomic E-state index is -3.43. The summed E-state index contributed by atoms with van der Waals surface area (Å²) in [5.41, 5.74) is 1.16. The van der Waals surface area contributed by atoms with Gasteiger partial charge in [-0.15, -0.1) is 0 Å². The smallest absolute Gasteiger partial charge is 0.243 e. The molecule has 1 aliphatic heterocycles. The Morgan fingerprint density at radius 2 is 1.77 bits per heavy atom. The van der Waals surface area contributed by atoms with Crippen molar-refractivity contribution in [2.24, 2.45) is 0 Å². The van der Waals surface area contributed by atoms with E-state index in [1.807, 2.05) is 24.0 Å². The second-order valence-electron chi connectivity index (χ2n) is 5.64. The molecule has 0 aliphatic carbocycles. The maximum absolute atomic E-state index is 12.6. The Morgan fingerprint density at radius 3 is 2.27 bits per heavy atom. The molecule has 1 fully saturated rings. The second kappa shape index (κ2) is 7.23. The summed E-state index contributed by atoms with van der Waals surface area (Å²) in [5, 5.41) is 8.94. The third-order valence-corrected chi connectivity index (χ3v) is 6.02. The second-order valence-corrected chi connectivity index (χ2v) is 7.58. The summed E-state index contributed by atoms with van der Waals surface area (Å²) in [6.45, 7) is 6.02. The summed E-state index contributed by atoms with van der Waals surface area (Å²) < 4.78 is 26.8. The van der Waals surface area contributed by atoms with Crippen LogP contribution < -0.4 is 0 Å². The van der Waals surface area contributed by atoms with Crippen molar-refractivity contribution in [3.8, 4) is 6.07 Å². The van der Waals surface area contributed by atoms with Crippen LogP contribution in [0.2, 0.25) is 0 Å². The van der Waals surface area contributed by atoms with Crippen molar-refractivity contribution >= 4 is 10.0 Å². The van der Waals surface area contributed by atoms with E-state index < -0.39 is 10.0 Å². The lowest BCUT2D eigenvalue weighted by molar-refractivity contribution is 0.169. The number of hydrogen-bond acceptors (Lipinski definition) is 4. The number of nitriles is 1. The molecule has 0 aromatic heterocycles. The lowest BCUT2D eigenvalue weighted by atomic mass is 10.1. The summed E-state index contributed by atoms with van der Waals surface area (Å²) in [6.07, 6.45) is 2.01. The highest BCUT2D eigenvalue weighted by Crippen LogP contribution is 2.19. The average Bonchev–Trinajstić information content (AvgIpc) is 2.55. The van der Waals surface area contributed by atoms with Crippen LogP contribution in [0.3, 0.4) is 0 Å². The Labute approximate surface area is 133 Å². The molecule has 0 spiro atoms. The van der Waals surface area contributed by atoms with Gasteiger partial charge in [0, 0.05) is 26.2 Å². The lowest BCUT2D eigenvalue weighted by Gasteiger charge is -2.35. The standard InChI is InChI=1S/C16H23N3O2S/c1-3-4-15-5-7-16(8-6-15)22(20,21)19-11-9-18(10-12-19)14(2)13-17/h5-8,14H,3-4,9-12H2,1-2H3/t14-/m1/s1. The van der Waals surface area contributed by atoms with Crippen LogP contribution in [0.5, 0.6) is 0 Å². The van der Waals surface area contributed by atoms with E-state index in [-0.39, 0.29) is 6.04 Å². The Bertz CT molecular complexity index is 626. The molecule has 0 N–H and O–H groups in total. The zero-order valence-electron chi connectivity index (χ0n) is 13.2. The van der Waals surface area contributed by atoms with E-state index in [2.05, 4.69) is 13.0 Å². The molecule has 1 aliphatic rings. The molecule has 0 bridgehead atoms. The summed E-state index contributed by atoms with van der Waals surface area (Å²) in [5.74, 6) is 0. The number of benzene rings is 1. The Kier molecular flexibility index (Phi) is 5.57. The van der Waals surface area contributed by atoms with Crippen molar-refractivity contribution in [3.05, 3.63) is 29.8 Å². The van der Waals surface area contributed by atoms with E-state index in [4.69, 9.17) is 5.26 Å². The highest BCUT2D eigenvalue weighted by atomic mass is 32.2. The number of piperazine rings is 1. The maximum atomic E-state index is 12.6. The van der Waals surface area contributed by atoms with Gasteiger partial charge in [0.15, 0.2) is 0 Å². The summed E-state index contributed by atoms with van der Waals surface area (Å²) in [4.78, 5) is 2.37. The van der Waals surface area contributed by atoms with Crippen molar-refractivity contribution in [3.63, 3.8) is 0 Å². The van der Waals surface area contributed by atoms with Crippen LogP contribution in [-0.2, 0) is 16.4 Å². The Hall–Kier alpha value is -1.42. The first-order valence-electron chi connectivity index (χ1n) is 7.71. The van der Waals surface area contributed by atoms with E-state index in [0.29, 0.717) is 31.1 Å². The normalized spacial score (nSPS) is 18.8. The first-order chi connectivity index (χ1) is 10.5. The molecule has 0 radical (unpaired) electrons. The largest absolute Gasteiger partial charge is 0.286 e. The number of hydrogen-bond donors (Lipinski definition) is 0. The number of sulfonamides is 1. The van der Waals surface area contributed by atoms with Crippen LogP contribution >= 0.6 is 0 Å². The molecule has 22 heavy (non-hydrogen) atoms. The van der Waals surface area contributed by atoms with Crippen LogP contribution in [0.25, 0.3) is 0 Å². The average molecular weight is 321 g/mol. The zero-order chi connectivity index (χ0) is 16.2. The van der Waals surface area contributed by atoms with Gasteiger partial charge in [-0.2, -0.15) is 9.57 Å². The van der Waals surface area contributed by atoms with E-state index in [9.17, 15) is 8.42 Å². The van der Waals surface area contributed by atoms with Gasteiger partial charge in [0.25, 0.3) is 0 Å². The van der Waals surface area contributed by atoms with Gasteiger partial charge in [-0.1, -0.05) is 25.5 Å². The van der Waals surface area contributed by atoms with Crippen LogP contribution in [0.15, 0.2) is 29.2 Å². The Morgan fingerprint density at radius 1 is 1.18 bits per heavy atom. The fourth-order valence-electron chi connectivity index (χ4n) is 2.68. The van der Waals surface area contributed by atoms with E-state index in [1.54, 1.807) is 12.1 Å². The third kappa shape index (κ3) is 3.67. The number of nitrogens with zero attached hydrogens (tertiary/aromatic N) is 3. The van der Waals surface area contributed by atoms with Crippen molar-refractivity contribution in [2.75, 3.05) is 26.2 Å². The predicted octanol–water partition coefficient (Wildman–Crippen LogP) is 1.86. The predicted molar refractivity (Wildman–Crippen MR) is 85.8 cm³/mol. The van der Waals surface area contributed by atoms with Gasteiger partial charge in [0.2, 0.25) is 10.0 Å². The van der Waals surface area contributed by atoms with Crippen molar-refractivity contribution in [1.82, 2.24) is 9.21 Å². The van der Waals surface area contributed by atoms with Gasteiger partial charge >= 0.3 is 0 Å². The van der Waals surface area contributed by atoms with E-state index >= 15 is 0 Å². The van der Waals surface area contributed by atoms with Gasteiger partial charge in [-0.3, -0.25) is 4.90 Å². The molecule has 0 amide bonds. The molecule has 0 saturated carbocycles. The molecular formula is C16H23N3O2S. The molecule has 0 unspecified atom stereocenters. The molecule has 6 heteroatoms. The van der Waals surface area contributed by atoms with Gasteiger partial charge in [0.05, 0.1) is 17.0 Å². The zero-order valence-corrected chi connectivity index (χ0v) is 14.0. The summed E-state index contributed by atoms with van der Waals surface area (Å²) in [6, 6.07) is 9.21. The third-order valence-electron chi connectivity index (χ3n) is 4.11. The fraction of sp³-hybridized carbons (Fsp3) is 0.562. The van der Waals surface area contributed by atoms with Crippen LogP contribution in [0, 0.1) is 11.3 Å². The van der Waals surface area contributed by atoms with E-state index in [0.717, 1.165) is 18.4 Å². The molecule has 1 aromatic rings. The van der Waals surface area contributed by atoms with Gasteiger partial charge in [0.1, 0.15) is 0 Å². The highest BCUT2D eigenvalue weighted by Gasteiger charge is 2.29. The summed E-state index contributed by atoms with van der Waals surface area (Å²) >= 11 is 0. The van der Waals surface area contributed by atoms with Crippen LogP contribution in [0.1, 0.15) is 25.8 Å². The molecule has 1 atom stereocenters. The first-order valence-corrected chi connectivity index (χ1v) is 9.15. The molecule has 1 saturated heterocycles. The minimum absolute atomic E-state index is 0.168. The highest BCUT2D eigenvalue weighted by molar-refractivity contribution is 7.89. The molecule has 2 rings (SSSR count). The van der Waals surface area contributed by atoms with Crippen LogP contribution in [0.4, 0.5) is 0 Å². The molecular weight excluding hydrogens is 298 g/mol. The SMILES string of the molecule is CCCc1ccc(S(=O)(=O)N2CCN([C@H](C)C#N)CC2)cc1. The van der Waals surface area contributed by atoms with Gasteiger partial charge in [-0.05, 0) is 31.0 Å². The van der Waals surface area contributed by atoms with Crippen molar-refractivity contribution in [2.45, 2.75) is 37.6 Å². The van der Waals surface area contributed by atoms with Crippen LogP contribution in [-0.4, -0.2) is 49.8 Å². The lowest BCUT2D eigenvalue weighted by Crippen LogP contribution is -2.50. The van der Waals surface area contributed by atoms with Crippen molar-refractivity contribution in [1.29, 1.82) is 5.26 Å². The monoisotopic (exact) mass is 321 g/mol. The fourth-order valence-corrected chi connectivity index (χ4v) is 4.10. The van der Waals surface area contributed by atoms with Crippen molar-refractivity contribution < 1.29 is 8.42 Å². The molecule has 5 nitrogen and oxygen atoms in total. The number of rotatable bonds is 5. The first kappa shape index (κ1) is 16.9. The van der Waals surface area contributed by atoms with Gasteiger partial charge < -0.3 is 0 Å². The quantitative estimate of drug-likeness (QED) is 0.830. The molecule has 120 valence electrons. The topological polar surface area (TPSA) is 64.4 Å². The molecule has 1 heterocycles. The Balaban J connectivity index is 2.07. The summed E-state index contributed by atoms with van der Waals surface area (Å²) in [7, 11) is -3.43. The number of aryl methyl sites for hydroxylation is 1.